The predicted octanol–water partition coefficient (Wildman–Crippen LogP) is -0.914. The molecule has 0 aromatic heterocycles. The fourth-order valence-corrected chi connectivity index (χ4v) is 5.89. The Morgan fingerprint density at radius 2 is 1.90 bits per heavy atom. The van der Waals surface area contributed by atoms with Gasteiger partial charge in [-0.25, -0.2) is 0 Å². The van der Waals surface area contributed by atoms with Crippen molar-refractivity contribution in [1.82, 2.24) is 0 Å². The average molecular weight is 428 g/mol. The van der Waals surface area contributed by atoms with Crippen LogP contribution < -0.4 is 0 Å². The lowest BCUT2D eigenvalue weighted by Crippen LogP contribution is -2.64. The number of aliphatic hydroxyl groups is 5. The van der Waals surface area contributed by atoms with Gasteiger partial charge in [0.2, 0.25) is 0 Å². The molecule has 30 heavy (non-hydrogen) atoms. The van der Waals surface area contributed by atoms with Gasteiger partial charge in [-0.15, -0.1) is 0 Å². The van der Waals surface area contributed by atoms with Crippen LogP contribution in [0.4, 0.5) is 0 Å². The highest BCUT2D eigenvalue weighted by Crippen LogP contribution is 2.57. The Bertz CT molecular complexity index is 709. The molecule has 2 aliphatic heterocycles. The highest BCUT2D eigenvalue weighted by molar-refractivity contribution is 5.75. The summed E-state index contributed by atoms with van der Waals surface area (Å²) in [5, 5.41) is 51.0. The Morgan fingerprint density at radius 3 is 2.57 bits per heavy atom. The monoisotopic (exact) mass is 428 g/mol. The van der Waals surface area contributed by atoms with Crippen LogP contribution in [0.2, 0.25) is 0 Å². The maximum absolute atomic E-state index is 12.3. The molecular weight excluding hydrogens is 396 g/mol. The van der Waals surface area contributed by atoms with Gasteiger partial charge in [0.05, 0.1) is 24.7 Å². The summed E-state index contributed by atoms with van der Waals surface area (Å²) in [6.07, 6.45) is -5.88. The smallest absolute Gasteiger partial charge is 0.309 e. The first-order valence-electron chi connectivity index (χ1n) is 10.6. The minimum absolute atomic E-state index is 0.126. The predicted molar refractivity (Wildman–Crippen MR) is 102 cm³/mol. The molecule has 0 unspecified atom stereocenters. The summed E-state index contributed by atoms with van der Waals surface area (Å²) in [6.45, 7) is 5.11. The summed E-state index contributed by atoms with van der Waals surface area (Å²) in [5.74, 6) is -0.982. The van der Waals surface area contributed by atoms with Crippen molar-refractivity contribution in [1.29, 1.82) is 0 Å². The lowest BCUT2D eigenvalue weighted by Gasteiger charge is -2.56. The summed E-state index contributed by atoms with van der Waals surface area (Å²) in [4.78, 5) is 12.3. The van der Waals surface area contributed by atoms with Crippen LogP contribution >= 0.6 is 0 Å². The molecule has 0 radical (unpaired) electrons. The quantitative estimate of drug-likeness (QED) is 0.285. The molecule has 0 amide bonds. The molecule has 0 aromatic rings. The van der Waals surface area contributed by atoms with Crippen molar-refractivity contribution in [2.45, 2.75) is 82.6 Å². The van der Waals surface area contributed by atoms with Crippen molar-refractivity contribution < 1.29 is 44.5 Å². The van der Waals surface area contributed by atoms with Gasteiger partial charge in [-0.05, 0) is 19.8 Å². The van der Waals surface area contributed by atoms with Crippen molar-refractivity contribution in [3.8, 4) is 0 Å². The molecule has 0 spiro atoms. The van der Waals surface area contributed by atoms with Gasteiger partial charge in [-0.3, -0.25) is 4.79 Å². The zero-order valence-corrected chi connectivity index (χ0v) is 17.4. The number of rotatable bonds is 3. The Hall–Kier alpha value is -1.07. The molecule has 3 fully saturated rings. The summed E-state index contributed by atoms with van der Waals surface area (Å²) < 4.78 is 17.4. The zero-order valence-electron chi connectivity index (χ0n) is 17.4. The van der Waals surface area contributed by atoms with E-state index in [1.54, 1.807) is 0 Å². The Balaban J connectivity index is 1.66. The van der Waals surface area contributed by atoms with Crippen LogP contribution in [0.5, 0.6) is 0 Å². The van der Waals surface area contributed by atoms with Gasteiger partial charge in [0.25, 0.3) is 0 Å². The highest BCUT2D eigenvalue weighted by Gasteiger charge is 2.63. The third-order valence-corrected chi connectivity index (χ3v) is 7.89. The SMILES string of the molecule is CC1=CC[C@@H](O)[C@@]2(C)[C@@H](O[C@@H]3O[C@H](CO)[C@@H](O)[C@H](O)[C@H]3O)C[C@@H]3[C@@H](OC(=O)[C@@H]3C)[C@H]12. The van der Waals surface area contributed by atoms with Gasteiger partial charge in [0.15, 0.2) is 6.29 Å². The summed E-state index contributed by atoms with van der Waals surface area (Å²) in [7, 11) is 0. The molecule has 2 heterocycles. The Kier molecular flexibility index (Phi) is 5.76. The largest absolute Gasteiger partial charge is 0.461 e. The minimum Gasteiger partial charge on any atom is -0.461 e. The van der Waals surface area contributed by atoms with Gasteiger partial charge in [-0.2, -0.15) is 0 Å². The first-order valence-corrected chi connectivity index (χ1v) is 10.6. The maximum atomic E-state index is 12.3. The molecule has 4 rings (SSSR count). The van der Waals surface area contributed by atoms with Crippen LogP contribution in [0.3, 0.4) is 0 Å². The molecule has 0 aromatic carbocycles. The van der Waals surface area contributed by atoms with Crippen LogP contribution in [0.1, 0.15) is 33.6 Å². The van der Waals surface area contributed by atoms with Crippen LogP contribution in [-0.4, -0.2) is 87.1 Å². The maximum Gasteiger partial charge on any atom is 0.309 e. The number of aliphatic hydroxyl groups excluding tert-OH is 5. The molecule has 0 bridgehead atoms. The number of ether oxygens (including phenoxy) is 3. The zero-order chi connectivity index (χ0) is 22.0. The lowest BCUT2D eigenvalue weighted by atomic mass is 9.53. The number of carbonyl (C=O) groups excluding carboxylic acids is 1. The second-order valence-corrected chi connectivity index (χ2v) is 9.46. The van der Waals surface area contributed by atoms with Gasteiger partial charge < -0.3 is 39.7 Å². The summed E-state index contributed by atoms with van der Waals surface area (Å²) >= 11 is 0. The molecule has 2 saturated heterocycles. The molecule has 170 valence electrons. The van der Waals surface area contributed by atoms with Crippen molar-refractivity contribution in [3.05, 3.63) is 11.6 Å². The number of carbonyl (C=O) groups is 1. The van der Waals surface area contributed by atoms with Crippen molar-refractivity contribution in [2.75, 3.05) is 6.61 Å². The Morgan fingerprint density at radius 1 is 1.20 bits per heavy atom. The topological polar surface area (TPSA) is 146 Å². The van der Waals surface area contributed by atoms with E-state index in [1.807, 2.05) is 26.8 Å². The number of esters is 1. The summed E-state index contributed by atoms with van der Waals surface area (Å²) in [5.41, 5.74) is 0.199. The molecule has 1 saturated carbocycles. The fraction of sp³-hybridized carbons (Fsp3) is 0.857. The molecule has 12 atom stereocenters. The van der Waals surface area contributed by atoms with Gasteiger partial charge in [0, 0.05) is 17.3 Å². The normalized spacial score (nSPS) is 53.5. The van der Waals surface area contributed by atoms with E-state index in [0.717, 1.165) is 5.57 Å². The molecule has 2 aliphatic carbocycles. The third kappa shape index (κ3) is 3.14. The first kappa shape index (κ1) is 22.1. The van der Waals surface area contributed by atoms with E-state index < -0.39 is 54.9 Å². The molecule has 4 aliphatic rings. The van der Waals surface area contributed by atoms with Crippen LogP contribution in [0, 0.1) is 23.2 Å². The van der Waals surface area contributed by atoms with Gasteiger partial charge in [0.1, 0.15) is 30.5 Å². The second kappa shape index (κ2) is 7.81. The van der Waals surface area contributed by atoms with Crippen molar-refractivity contribution in [2.24, 2.45) is 23.2 Å². The number of hydrogen-bond acceptors (Lipinski definition) is 9. The molecule has 5 N–H and O–H groups in total. The molecular formula is C21H32O9. The Labute approximate surface area is 175 Å². The number of hydrogen-bond donors (Lipinski definition) is 5. The standard InChI is InChI=1S/C21H32O9/c1-8-4-5-12(23)21(3)13(6-10-9(2)19(27)30-18(10)14(8)21)29-20-17(26)16(25)15(24)11(7-22)28-20/h4,9-18,20,22-26H,5-7H2,1-3H3/t9-,10+,11-,12-,13+,14+,15-,16+,17-,18-,20+,21+/m1/s1. The third-order valence-electron chi connectivity index (χ3n) is 7.89. The van der Waals surface area contributed by atoms with E-state index in [1.165, 1.54) is 0 Å². The van der Waals surface area contributed by atoms with E-state index in [2.05, 4.69) is 0 Å². The second-order valence-electron chi connectivity index (χ2n) is 9.46. The fourth-order valence-electron chi connectivity index (χ4n) is 5.89. The number of fused-ring (bicyclic) bond motifs is 3. The first-order chi connectivity index (χ1) is 14.1. The van der Waals surface area contributed by atoms with Crippen molar-refractivity contribution in [3.63, 3.8) is 0 Å². The molecule has 9 nitrogen and oxygen atoms in total. The van der Waals surface area contributed by atoms with E-state index in [-0.39, 0.29) is 29.8 Å². The minimum atomic E-state index is -1.55. The van der Waals surface area contributed by atoms with E-state index >= 15 is 0 Å². The van der Waals surface area contributed by atoms with Crippen LogP contribution in [0.25, 0.3) is 0 Å². The van der Waals surface area contributed by atoms with Gasteiger partial charge in [-0.1, -0.05) is 25.5 Å². The van der Waals surface area contributed by atoms with Crippen LogP contribution in [-0.2, 0) is 19.0 Å². The average Bonchev–Trinajstić information content (AvgIpc) is 2.99. The summed E-state index contributed by atoms with van der Waals surface area (Å²) in [6, 6.07) is 0. The van der Waals surface area contributed by atoms with E-state index in [0.29, 0.717) is 12.8 Å². The highest BCUT2D eigenvalue weighted by atomic mass is 16.7. The van der Waals surface area contributed by atoms with Crippen LogP contribution in [0.15, 0.2) is 11.6 Å². The van der Waals surface area contributed by atoms with E-state index in [4.69, 9.17) is 14.2 Å². The lowest BCUT2D eigenvalue weighted by molar-refractivity contribution is -0.331. The molecule has 9 heteroatoms. The van der Waals surface area contributed by atoms with E-state index in [9.17, 15) is 30.3 Å². The van der Waals surface area contributed by atoms with Crippen molar-refractivity contribution >= 4 is 5.97 Å². The van der Waals surface area contributed by atoms with Gasteiger partial charge >= 0.3 is 5.97 Å².